The number of anilines is 1. The Bertz CT molecular complexity index is 667. The van der Waals surface area contributed by atoms with E-state index < -0.39 is 11.9 Å². The van der Waals surface area contributed by atoms with Crippen LogP contribution in [0.4, 0.5) is 5.69 Å². The van der Waals surface area contributed by atoms with Crippen molar-refractivity contribution in [2.75, 3.05) is 20.0 Å². The molecule has 0 spiro atoms. The first-order valence-corrected chi connectivity index (χ1v) is 5.41. The summed E-state index contributed by atoms with van der Waals surface area (Å²) in [6.45, 7) is 0. The van der Waals surface area contributed by atoms with Crippen molar-refractivity contribution < 1.29 is 19.1 Å². The molecule has 104 valence electrons. The Balaban J connectivity index is 2.42. The molecule has 0 aliphatic heterocycles. The summed E-state index contributed by atoms with van der Waals surface area (Å²) in [5.74, 6) is -1.08. The van der Waals surface area contributed by atoms with Crippen LogP contribution in [-0.4, -0.2) is 45.9 Å². The quantitative estimate of drug-likeness (QED) is 0.766. The average Bonchev–Trinajstić information content (AvgIpc) is 2.87. The maximum Gasteiger partial charge on any atom is 0.360 e. The van der Waals surface area contributed by atoms with Gasteiger partial charge in [-0.05, 0) is 0 Å². The molecule has 9 nitrogen and oxygen atoms in total. The number of hydrogen-bond acceptors (Lipinski definition) is 8. The van der Waals surface area contributed by atoms with Gasteiger partial charge in [-0.25, -0.2) is 19.3 Å². The fraction of sp³-hybridized carbons (Fsp3) is 0.182. The first-order valence-electron chi connectivity index (χ1n) is 5.41. The Morgan fingerprint density at radius 1 is 1.20 bits per heavy atom. The first-order chi connectivity index (χ1) is 9.56. The van der Waals surface area contributed by atoms with Crippen molar-refractivity contribution in [3.05, 3.63) is 30.0 Å². The predicted molar refractivity (Wildman–Crippen MR) is 66.2 cm³/mol. The van der Waals surface area contributed by atoms with Gasteiger partial charge in [-0.3, -0.25) is 4.98 Å². The Morgan fingerprint density at radius 2 is 1.90 bits per heavy atom. The third-order valence-electron chi connectivity index (χ3n) is 2.37. The maximum absolute atomic E-state index is 11.4. The highest BCUT2D eigenvalue weighted by Crippen LogP contribution is 2.13. The molecule has 0 aliphatic carbocycles. The molecule has 0 saturated carbocycles. The number of methoxy groups -OCH3 is 2. The van der Waals surface area contributed by atoms with Crippen molar-refractivity contribution in [2.45, 2.75) is 0 Å². The molecule has 0 radical (unpaired) electrons. The van der Waals surface area contributed by atoms with Crippen LogP contribution in [0.15, 0.2) is 18.6 Å². The second-order valence-electron chi connectivity index (χ2n) is 3.62. The highest BCUT2D eigenvalue weighted by molar-refractivity contribution is 5.92. The van der Waals surface area contributed by atoms with Crippen LogP contribution in [-0.2, 0) is 9.47 Å². The third-order valence-corrected chi connectivity index (χ3v) is 2.37. The largest absolute Gasteiger partial charge is 0.464 e. The van der Waals surface area contributed by atoms with Gasteiger partial charge in [0.15, 0.2) is 17.2 Å². The fourth-order valence-electron chi connectivity index (χ4n) is 1.43. The van der Waals surface area contributed by atoms with E-state index in [0.29, 0.717) is 0 Å². The Hall–Kier alpha value is -2.97. The Labute approximate surface area is 113 Å². The van der Waals surface area contributed by atoms with Crippen LogP contribution in [0, 0.1) is 0 Å². The second-order valence-corrected chi connectivity index (χ2v) is 3.62. The molecular formula is C11H11N5O4. The standard InChI is InChI=1S/C11H11N5O4/c1-19-10(17)7-3-13-4-8(14-7)16-5-6(12)9(15-16)11(18)20-2/h3-5H,12H2,1-2H3. The van der Waals surface area contributed by atoms with Crippen molar-refractivity contribution in [1.82, 2.24) is 19.7 Å². The van der Waals surface area contributed by atoms with Crippen molar-refractivity contribution in [3.8, 4) is 5.82 Å². The topological polar surface area (TPSA) is 122 Å². The molecule has 2 rings (SSSR count). The fourth-order valence-corrected chi connectivity index (χ4v) is 1.43. The van der Waals surface area contributed by atoms with Gasteiger partial charge in [0.05, 0.1) is 38.5 Å². The number of nitrogens with two attached hydrogens (primary N) is 1. The summed E-state index contributed by atoms with van der Waals surface area (Å²) in [7, 11) is 2.45. The zero-order valence-electron chi connectivity index (χ0n) is 10.7. The Morgan fingerprint density at radius 3 is 2.55 bits per heavy atom. The molecule has 0 bridgehead atoms. The molecule has 9 heteroatoms. The molecule has 2 heterocycles. The zero-order valence-corrected chi connectivity index (χ0v) is 10.7. The summed E-state index contributed by atoms with van der Waals surface area (Å²) in [6, 6.07) is 0. The molecule has 2 aromatic rings. The average molecular weight is 277 g/mol. The van der Waals surface area contributed by atoms with E-state index in [4.69, 9.17) is 5.73 Å². The van der Waals surface area contributed by atoms with E-state index in [2.05, 4.69) is 24.5 Å². The summed E-state index contributed by atoms with van der Waals surface area (Å²) in [5, 5.41) is 3.94. The highest BCUT2D eigenvalue weighted by Gasteiger charge is 2.17. The number of hydrogen-bond donors (Lipinski definition) is 1. The summed E-state index contributed by atoms with van der Waals surface area (Å²) >= 11 is 0. The van der Waals surface area contributed by atoms with Crippen LogP contribution in [0.25, 0.3) is 5.82 Å². The van der Waals surface area contributed by atoms with Gasteiger partial charge >= 0.3 is 11.9 Å². The smallest absolute Gasteiger partial charge is 0.360 e. The zero-order chi connectivity index (χ0) is 14.7. The van der Waals surface area contributed by atoms with Gasteiger partial charge in [-0.1, -0.05) is 0 Å². The van der Waals surface area contributed by atoms with Gasteiger partial charge in [0, 0.05) is 0 Å². The summed E-state index contributed by atoms with van der Waals surface area (Å²) < 4.78 is 10.3. The first kappa shape index (κ1) is 13.5. The predicted octanol–water partition coefficient (Wildman–Crippen LogP) is -0.182. The minimum atomic E-state index is -0.668. The number of rotatable bonds is 3. The van der Waals surface area contributed by atoms with Crippen LogP contribution < -0.4 is 5.73 Å². The number of aromatic nitrogens is 4. The van der Waals surface area contributed by atoms with E-state index in [1.165, 1.54) is 37.5 Å². The molecule has 0 aromatic carbocycles. The molecule has 0 unspecified atom stereocenters. The van der Waals surface area contributed by atoms with E-state index in [0.717, 1.165) is 0 Å². The number of nitrogen functional groups attached to an aromatic ring is 1. The lowest BCUT2D eigenvalue weighted by Crippen LogP contribution is -2.09. The SMILES string of the molecule is COC(=O)c1cncc(-n2cc(N)c(C(=O)OC)n2)n1. The molecule has 0 amide bonds. The van der Waals surface area contributed by atoms with Crippen LogP contribution >= 0.6 is 0 Å². The summed E-state index contributed by atoms with van der Waals surface area (Å²) in [4.78, 5) is 30.6. The summed E-state index contributed by atoms with van der Waals surface area (Å²) in [5.41, 5.74) is 5.75. The van der Waals surface area contributed by atoms with Crippen molar-refractivity contribution in [3.63, 3.8) is 0 Å². The van der Waals surface area contributed by atoms with E-state index in [-0.39, 0.29) is 22.9 Å². The molecule has 0 aliphatic rings. The van der Waals surface area contributed by atoms with Crippen LogP contribution in [0.3, 0.4) is 0 Å². The van der Waals surface area contributed by atoms with Crippen molar-refractivity contribution >= 4 is 17.6 Å². The van der Waals surface area contributed by atoms with Gasteiger partial charge in [0.25, 0.3) is 0 Å². The molecule has 0 saturated heterocycles. The minimum absolute atomic E-state index is 0.0127. The van der Waals surface area contributed by atoms with E-state index >= 15 is 0 Å². The number of esters is 2. The van der Waals surface area contributed by atoms with Crippen molar-refractivity contribution in [2.24, 2.45) is 0 Å². The lowest BCUT2D eigenvalue weighted by Gasteiger charge is -2.02. The normalized spacial score (nSPS) is 10.1. The molecule has 0 atom stereocenters. The maximum atomic E-state index is 11.4. The highest BCUT2D eigenvalue weighted by atomic mass is 16.5. The molecule has 2 aromatic heterocycles. The van der Waals surface area contributed by atoms with Gasteiger partial charge in [-0.15, -0.1) is 0 Å². The number of carbonyl (C=O) groups excluding carboxylic acids is 2. The van der Waals surface area contributed by atoms with E-state index in [9.17, 15) is 9.59 Å². The number of nitrogens with zero attached hydrogens (tertiary/aromatic N) is 4. The van der Waals surface area contributed by atoms with Crippen molar-refractivity contribution in [1.29, 1.82) is 0 Å². The van der Waals surface area contributed by atoms with E-state index in [1.54, 1.807) is 0 Å². The molecular weight excluding hydrogens is 266 g/mol. The lowest BCUT2D eigenvalue weighted by atomic mass is 10.4. The van der Waals surface area contributed by atoms with Crippen LogP contribution in [0.5, 0.6) is 0 Å². The van der Waals surface area contributed by atoms with Crippen LogP contribution in [0.1, 0.15) is 21.0 Å². The number of carbonyl (C=O) groups is 2. The second kappa shape index (κ2) is 5.34. The van der Waals surface area contributed by atoms with E-state index in [1.807, 2.05) is 0 Å². The molecule has 20 heavy (non-hydrogen) atoms. The molecule has 0 fully saturated rings. The van der Waals surface area contributed by atoms with Gasteiger partial charge in [0.1, 0.15) is 0 Å². The monoisotopic (exact) mass is 277 g/mol. The summed E-state index contributed by atoms with van der Waals surface area (Å²) in [6.07, 6.45) is 3.99. The van der Waals surface area contributed by atoms with Gasteiger partial charge in [0.2, 0.25) is 0 Å². The van der Waals surface area contributed by atoms with Crippen LogP contribution in [0.2, 0.25) is 0 Å². The molecule has 2 N–H and O–H groups in total. The van der Waals surface area contributed by atoms with Gasteiger partial charge in [-0.2, -0.15) is 5.10 Å². The number of ether oxygens (including phenoxy) is 2. The Kier molecular flexibility index (Phi) is 3.60. The minimum Gasteiger partial charge on any atom is -0.464 e. The van der Waals surface area contributed by atoms with Gasteiger partial charge < -0.3 is 15.2 Å². The lowest BCUT2D eigenvalue weighted by molar-refractivity contribution is 0.0584. The third kappa shape index (κ3) is 2.41.